The molecular formula is C15H17NO4. The number of pyridine rings is 1. The average molecular weight is 275 g/mol. The van der Waals surface area contributed by atoms with Crippen molar-refractivity contribution in [1.29, 1.82) is 0 Å². The van der Waals surface area contributed by atoms with Crippen LogP contribution in [0.25, 0.3) is 5.69 Å². The molecule has 0 aliphatic heterocycles. The summed E-state index contributed by atoms with van der Waals surface area (Å²) in [4.78, 5) is 12.2. The van der Waals surface area contributed by atoms with Crippen molar-refractivity contribution in [3.8, 4) is 23.1 Å². The number of aromatic hydroxyl groups is 1. The number of rotatable bonds is 3. The molecule has 1 aromatic carbocycles. The zero-order valence-corrected chi connectivity index (χ0v) is 11.9. The number of nitrogens with zero attached hydrogens (tertiary/aromatic N) is 1. The number of aryl methyl sites for hydroxylation is 1. The summed E-state index contributed by atoms with van der Waals surface area (Å²) in [5, 5.41) is 10.3. The van der Waals surface area contributed by atoms with E-state index in [0.29, 0.717) is 22.7 Å². The Labute approximate surface area is 117 Å². The van der Waals surface area contributed by atoms with Crippen LogP contribution in [0, 0.1) is 13.8 Å². The van der Waals surface area contributed by atoms with E-state index in [1.165, 1.54) is 24.9 Å². The van der Waals surface area contributed by atoms with Gasteiger partial charge in [0.1, 0.15) is 11.5 Å². The minimum absolute atomic E-state index is 0.0958. The molecule has 0 radical (unpaired) electrons. The van der Waals surface area contributed by atoms with Crippen molar-refractivity contribution >= 4 is 0 Å². The monoisotopic (exact) mass is 275 g/mol. The normalized spacial score (nSPS) is 10.4. The van der Waals surface area contributed by atoms with Gasteiger partial charge in [-0.3, -0.25) is 4.79 Å². The maximum Gasteiger partial charge on any atom is 0.258 e. The molecule has 0 unspecified atom stereocenters. The molecule has 2 rings (SSSR count). The second kappa shape index (κ2) is 5.28. The molecule has 0 saturated carbocycles. The molecule has 0 saturated heterocycles. The Kier molecular flexibility index (Phi) is 3.70. The Balaban J connectivity index is 2.80. The van der Waals surface area contributed by atoms with E-state index in [9.17, 15) is 9.90 Å². The van der Waals surface area contributed by atoms with E-state index >= 15 is 0 Å². The molecule has 1 N–H and O–H groups in total. The van der Waals surface area contributed by atoms with Crippen LogP contribution in [-0.4, -0.2) is 23.9 Å². The van der Waals surface area contributed by atoms with Gasteiger partial charge in [0.25, 0.3) is 5.56 Å². The van der Waals surface area contributed by atoms with Crippen molar-refractivity contribution in [2.75, 3.05) is 14.2 Å². The van der Waals surface area contributed by atoms with Crippen molar-refractivity contribution in [2.45, 2.75) is 13.8 Å². The maximum atomic E-state index is 12.2. The van der Waals surface area contributed by atoms with Crippen LogP contribution < -0.4 is 15.0 Å². The minimum Gasteiger partial charge on any atom is -0.497 e. The zero-order valence-electron chi connectivity index (χ0n) is 11.9. The number of hydrogen-bond donors (Lipinski definition) is 1. The van der Waals surface area contributed by atoms with Crippen LogP contribution in [0.3, 0.4) is 0 Å². The third-order valence-electron chi connectivity index (χ3n) is 3.33. The number of methoxy groups -OCH3 is 2. The Morgan fingerprint density at radius 3 is 2.40 bits per heavy atom. The molecule has 0 atom stereocenters. The highest BCUT2D eigenvalue weighted by molar-refractivity contribution is 5.54. The van der Waals surface area contributed by atoms with Gasteiger partial charge in [0.05, 0.1) is 19.9 Å². The lowest BCUT2D eigenvalue weighted by Crippen LogP contribution is -2.19. The van der Waals surface area contributed by atoms with Gasteiger partial charge in [-0.05, 0) is 31.5 Å². The molecule has 106 valence electrons. The average Bonchev–Trinajstić information content (AvgIpc) is 2.44. The van der Waals surface area contributed by atoms with Gasteiger partial charge in [-0.25, -0.2) is 4.57 Å². The predicted octanol–water partition coefficient (Wildman–Crippen LogP) is 2.18. The second-order valence-electron chi connectivity index (χ2n) is 4.49. The highest BCUT2D eigenvalue weighted by Crippen LogP contribution is 2.30. The molecule has 0 aliphatic carbocycles. The molecule has 0 aliphatic rings. The number of ether oxygens (including phenoxy) is 2. The molecular weight excluding hydrogens is 258 g/mol. The fourth-order valence-corrected chi connectivity index (χ4v) is 2.01. The van der Waals surface area contributed by atoms with E-state index in [-0.39, 0.29) is 11.4 Å². The third kappa shape index (κ3) is 2.22. The van der Waals surface area contributed by atoms with E-state index in [2.05, 4.69) is 0 Å². The maximum absolute atomic E-state index is 12.2. The lowest BCUT2D eigenvalue weighted by atomic mass is 10.1. The van der Waals surface area contributed by atoms with Gasteiger partial charge in [0.2, 0.25) is 5.88 Å². The van der Waals surface area contributed by atoms with Crippen LogP contribution in [0.2, 0.25) is 0 Å². The summed E-state index contributed by atoms with van der Waals surface area (Å²) >= 11 is 0. The predicted molar refractivity (Wildman–Crippen MR) is 76.3 cm³/mol. The van der Waals surface area contributed by atoms with Gasteiger partial charge in [-0.2, -0.15) is 0 Å². The van der Waals surface area contributed by atoms with E-state index < -0.39 is 0 Å². The molecule has 2 aromatic rings. The minimum atomic E-state index is -0.322. The topological polar surface area (TPSA) is 60.7 Å². The van der Waals surface area contributed by atoms with Crippen LogP contribution in [0.4, 0.5) is 0 Å². The number of benzene rings is 1. The van der Waals surface area contributed by atoms with E-state index in [4.69, 9.17) is 9.47 Å². The van der Waals surface area contributed by atoms with E-state index in [1.54, 1.807) is 32.0 Å². The summed E-state index contributed by atoms with van der Waals surface area (Å²) in [6, 6.07) is 6.55. The van der Waals surface area contributed by atoms with Crippen molar-refractivity contribution in [3.63, 3.8) is 0 Å². The SMILES string of the molecule is COc1ccc(OC)c(-n2c(O)c(C)c(C)cc2=O)c1. The number of hydrogen-bond acceptors (Lipinski definition) is 4. The lowest BCUT2D eigenvalue weighted by molar-refractivity contribution is 0.394. The van der Waals surface area contributed by atoms with Crippen molar-refractivity contribution < 1.29 is 14.6 Å². The molecule has 0 fully saturated rings. The fourth-order valence-electron chi connectivity index (χ4n) is 2.01. The van der Waals surface area contributed by atoms with Crippen LogP contribution in [0.1, 0.15) is 11.1 Å². The highest BCUT2D eigenvalue weighted by atomic mass is 16.5. The van der Waals surface area contributed by atoms with Crippen molar-refractivity contribution in [2.24, 2.45) is 0 Å². The first-order valence-electron chi connectivity index (χ1n) is 6.14. The summed E-state index contributed by atoms with van der Waals surface area (Å²) < 4.78 is 11.6. The van der Waals surface area contributed by atoms with Gasteiger partial charge in [0, 0.05) is 17.7 Å². The molecule has 1 heterocycles. The summed E-state index contributed by atoms with van der Waals surface area (Å²) in [5.41, 5.74) is 1.51. The first-order valence-corrected chi connectivity index (χ1v) is 6.14. The highest BCUT2D eigenvalue weighted by Gasteiger charge is 2.15. The Bertz CT molecular complexity index is 704. The zero-order chi connectivity index (χ0) is 14.9. The number of aromatic nitrogens is 1. The summed E-state index contributed by atoms with van der Waals surface area (Å²) in [6.07, 6.45) is 0. The Morgan fingerprint density at radius 2 is 1.80 bits per heavy atom. The van der Waals surface area contributed by atoms with Crippen LogP contribution in [-0.2, 0) is 0 Å². The molecule has 1 aromatic heterocycles. The van der Waals surface area contributed by atoms with Crippen LogP contribution in [0.5, 0.6) is 17.4 Å². The summed E-state index contributed by atoms with van der Waals surface area (Å²) in [6.45, 7) is 3.54. The van der Waals surface area contributed by atoms with E-state index in [0.717, 1.165) is 5.56 Å². The van der Waals surface area contributed by atoms with Gasteiger partial charge < -0.3 is 14.6 Å². The van der Waals surface area contributed by atoms with E-state index in [1.807, 2.05) is 0 Å². The standard InChI is InChI=1S/C15H17NO4/c1-9-7-14(17)16(15(18)10(9)2)12-8-11(19-3)5-6-13(12)20-4/h5-8,18H,1-4H3. The van der Waals surface area contributed by atoms with Crippen LogP contribution >= 0.6 is 0 Å². The largest absolute Gasteiger partial charge is 0.497 e. The Hall–Kier alpha value is -2.43. The molecule has 20 heavy (non-hydrogen) atoms. The first-order chi connectivity index (χ1) is 9.49. The van der Waals surface area contributed by atoms with Crippen LogP contribution in [0.15, 0.2) is 29.1 Å². The fraction of sp³-hybridized carbons (Fsp3) is 0.267. The molecule has 0 spiro atoms. The van der Waals surface area contributed by atoms with Crippen molar-refractivity contribution in [1.82, 2.24) is 4.57 Å². The summed E-state index contributed by atoms with van der Waals surface area (Å²) in [5.74, 6) is 0.957. The molecule has 5 nitrogen and oxygen atoms in total. The van der Waals surface area contributed by atoms with Gasteiger partial charge in [-0.1, -0.05) is 0 Å². The second-order valence-corrected chi connectivity index (χ2v) is 4.49. The Morgan fingerprint density at radius 1 is 1.10 bits per heavy atom. The van der Waals surface area contributed by atoms with Gasteiger partial charge in [-0.15, -0.1) is 0 Å². The molecule has 0 bridgehead atoms. The van der Waals surface area contributed by atoms with Gasteiger partial charge in [0.15, 0.2) is 0 Å². The molecule has 5 heteroatoms. The molecule has 0 amide bonds. The smallest absolute Gasteiger partial charge is 0.258 e. The quantitative estimate of drug-likeness (QED) is 0.932. The van der Waals surface area contributed by atoms with Gasteiger partial charge >= 0.3 is 0 Å². The first kappa shape index (κ1) is 14.0. The summed E-state index contributed by atoms with van der Waals surface area (Å²) in [7, 11) is 3.04. The van der Waals surface area contributed by atoms with Crippen molar-refractivity contribution in [3.05, 3.63) is 45.7 Å². The lowest BCUT2D eigenvalue weighted by Gasteiger charge is -2.16. The third-order valence-corrected chi connectivity index (χ3v) is 3.33.